The highest BCUT2D eigenvalue weighted by Crippen LogP contribution is 2.08. The second-order valence-corrected chi connectivity index (χ2v) is 4.16. The second kappa shape index (κ2) is 5.86. The Balaban J connectivity index is 2.26. The molecule has 1 heterocycles. The molecule has 1 rings (SSSR count). The van der Waals surface area contributed by atoms with Gasteiger partial charge in [0.2, 0.25) is 5.91 Å². The number of rotatable bonds is 5. The van der Waals surface area contributed by atoms with Gasteiger partial charge in [-0.15, -0.1) is 0 Å². The van der Waals surface area contributed by atoms with Crippen LogP contribution in [-0.4, -0.2) is 41.0 Å². The van der Waals surface area contributed by atoms with Gasteiger partial charge in [0, 0.05) is 34.1 Å². The van der Waals surface area contributed by atoms with Gasteiger partial charge < -0.3 is 14.8 Å². The molecule has 0 atom stereocenters. The summed E-state index contributed by atoms with van der Waals surface area (Å²) in [6.45, 7) is 1.26. The molecule has 0 radical (unpaired) electrons. The van der Waals surface area contributed by atoms with Gasteiger partial charge in [0.05, 0.1) is 12.7 Å². The Kier molecular flexibility index (Phi) is 4.76. The van der Waals surface area contributed by atoms with Crippen LogP contribution in [0.5, 0.6) is 0 Å². The van der Waals surface area contributed by atoms with Crippen LogP contribution in [0.3, 0.4) is 0 Å². The SMILES string of the molecule is CN(C)C(=O)CCNCc1ncc(Cl)n1C. The third kappa shape index (κ3) is 3.50. The standard InChI is InChI=1S/C10H17ClN4O/c1-14(2)10(16)4-5-12-7-9-13-6-8(11)15(9)3/h6,12H,4-5,7H2,1-3H3. The molecular formula is C10H17ClN4O. The lowest BCUT2D eigenvalue weighted by atomic mass is 10.4. The van der Waals surface area contributed by atoms with Crippen molar-refractivity contribution in [3.05, 3.63) is 17.2 Å². The minimum Gasteiger partial charge on any atom is -0.349 e. The van der Waals surface area contributed by atoms with Gasteiger partial charge in [0.1, 0.15) is 11.0 Å². The van der Waals surface area contributed by atoms with Crippen LogP contribution in [-0.2, 0) is 18.4 Å². The number of halogens is 1. The maximum absolute atomic E-state index is 11.3. The zero-order valence-electron chi connectivity index (χ0n) is 9.83. The summed E-state index contributed by atoms with van der Waals surface area (Å²) in [4.78, 5) is 17.0. The van der Waals surface area contributed by atoms with Crippen LogP contribution < -0.4 is 5.32 Å². The van der Waals surface area contributed by atoms with E-state index in [1.165, 1.54) is 0 Å². The first kappa shape index (κ1) is 13.0. The molecule has 16 heavy (non-hydrogen) atoms. The van der Waals surface area contributed by atoms with E-state index in [9.17, 15) is 4.79 Å². The van der Waals surface area contributed by atoms with Gasteiger partial charge >= 0.3 is 0 Å². The Hall–Kier alpha value is -1.07. The van der Waals surface area contributed by atoms with Crippen molar-refractivity contribution in [2.45, 2.75) is 13.0 Å². The van der Waals surface area contributed by atoms with Crippen molar-refractivity contribution in [2.24, 2.45) is 7.05 Å². The number of nitrogens with zero attached hydrogens (tertiary/aromatic N) is 3. The van der Waals surface area contributed by atoms with Crippen LogP contribution >= 0.6 is 11.6 Å². The molecule has 1 aromatic rings. The molecule has 0 saturated carbocycles. The van der Waals surface area contributed by atoms with Crippen molar-refractivity contribution in [3.63, 3.8) is 0 Å². The molecule has 0 aliphatic carbocycles. The topological polar surface area (TPSA) is 50.2 Å². The van der Waals surface area contributed by atoms with Gasteiger partial charge in [-0.2, -0.15) is 0 Å². The molecule has 90 valence electrons. The predicted molar refractivity (Wildman–Crippen MR) is 63.2 cm³/mol. The first-order valence-corrected chi connectivity index (χ1v) is 5.47. The maximum atomic E-state index is 11.3. The number of hydrogen-bond donors (Lipinski definition) is 1. The quantitative estimate of drug-likeness (QED) is 0.774. The Bertz CT molecular complexity index is 362. The number of aromatic nitrogens is 2. The van der Waals surface area contributed by atoms with Crippen molar-refractivity contribution in [3.8, 4) is 0 Å². The zero-order valence-corrected chi connectivity index (χ0v) is 10.6. The van der Waals surface area contributed by atoms with Crippen LogP contribution in [0.1, 0.15) is 12.2 Å². The highest BCUT2D eigenvalue weighted by Gasteiger charge is 2.05. The van der Waals surface area contributed by atoms with E-state index >= 15 is 0 Å². The highest BCUT2D eigenvalue weighted by atomic mass is 35.5. The van der Waals surface area contributed by atoms with Gasteiger partial charge in [-0.05, 0) is 0 Å². The smallest absolute Gasteiger partial charge is 0.223 e. The van der Waals surface area contributed by atoms with Crippen molar-refractivity contribution >= 4 is 17.5 Å². The van der Waals surface area contributed by atoms with Crippen LogP contribution in [0.4, 0.5) is 0 Å². The van der Waals surface area contributed by atoms with E-state index in [0.717, 1.165) is 5.82 Å². The predicted octanol–water partition coefficient (Wildman–Crippen LogP) is 0.641. The summed E-state index contributed by atoms with van der Waals surface area (Å²) in [6.07, 6.45) is 2.11. The fourth-order valence-electron chi connectivity index (χ4n) is 1.21. The molecule has 1 aromatic heterocycles. The summed E-state index contributed by atoms with van der Waals surface area (Å²) in [5, 5.41) is 3.76. The molecular weight excluding hydrogens is 228 g/mol. The molecule has 0 saturated heterocycles. The van der Waals surface area contributed by atoms with Crippen molar-refractivity contribution in [2.75, 3.05) is 20.6 Å². The van der Waals surface area contributed by atoms with Crippen LogP contribution in [0.25, 0.3) is 0 Å². The lowest BCUT2D eigenvalue weighted by molar-refractivity contribution is -0.128. The fraction of sp³-hybridized carbons (Fsp3) is 0.600. The number of amides is 1. The summed E-state index contributed by atoms with van der Waals surface area (Å²) in [5.74, 6) is 0.979. The van der Waals surface area contributed by atoms with Crippen molar-refractivity contribution in [1.29, 1.82) is 0 Å². The average Bonchev–Trinajstić information content (AvgIpc) is 2.55. The van der Waals surface area contributed by atoms with Gasteiger partial charge in [0.25, 0.3) is 0 Å². The molecule has 1 amide bonds. The van der Waals surface area contributed by atoms with E-state index in [1.807, 2.05) is 11.6 Å². The van der Waals surface area contributed by atoms with Crippen molar-refractivity contribution in [1.82, 2.24) is 19.8 Å². The number of imidazole rings is 1. The first-order valence-electron chi connectivity index (χ1n) is 5.09. The van der Waals surface area contributed by atoms with E-state index in [-0.39, 0.29) is 5.91 Å². The van der Waals surface area contributed by atoms with E-state index in [1.54, 1.807) is 25.2 Å². The third-order valence-electron chi connectivity index (χ3n) is 2.33. The highest BCUT2D eigenvalue weighted by molar-refractivity contribution is 6.29. The normalized spacial score (nSPS) is 10.5. The molecule has 0 spiro atoms. The molecule has 0 aliphatic rings. The largest absolute Gasteiger partial charge is 0.349 e. The van der Waals surface area contributed by atoms with Gasteiger partial charge in [0.15, 0.2) is 0 Å². The first-order chi connectivity index (χ1) is 7.52. The summed E-state index contributed by atoms with van der Waals surface area (Å²) < 4.78 is 1.81. The third-order valence-corrected chi connectivity index (χ3v) is 2.68. The number of hydrogen-bond acceptors (Lipinski definition) is 3. The van der Waals surface area contributed by atoms with Crippen LogP contribution in [0.15, 0.2) is 6.20 Å². The van der Waals surface area contributed by atoms with E-state index in [4.69, 9.17) is 11.6 Å². The maximum Gasteiger partial charge on any atom is 0.223 e. The summed E-state index contributed by atoms with van der Waals surface area (Å²) in [7, 11) is 5.36. The monoisotopic (exact) mass is 244 g/mol. The van der Waals surface area contributed by atoms with Crippen LogP contribution in [0, 0.1) is 0 Å². The molecule has 0 aliphatic heterocycles. The Morgan fingerprint density at radius 2 is 2.31 bits per heavy atom. The Morgan fingerprint density at radius 1 is 1.62 bits per heavy atom. The van der Waals surface area contributed by atoms with Crippen LogP contribution in [0.2, 0.25) is 5.15 Å². The Morgan fingerprint density at radius 3 is 2.81 bits per heavy atom. The second-order valence-electron chi connectivity index (χ2n) is 3.77. The summed E-state index contributed by atoms with van der Waals surface area (Å²) in [6, 6.07) is 0. The molecule has 6 heteroatoms. The number of carbonyl (C=O) groups excluding carboxylic acids is 1. The molecule has 1 N–H and O–H groups in total. The van der Waals surface area contributed by atoms with E-state index < -0.39 is 0 Å². The lowest BCUT2D eigenvalue weighted by Gasteiger charge is -2.10. The minimum absolute atomic E-state index is 0.116. The van der Waals surface area contributed by atoms with Crippen molar-refractivity contribution < 1.29 is 4.79 Å². The minimum atomic E-state index is 0.116. The average molecular weight is 245 g/mol. The molecule has 0 bridgehead atoms. The molecule has 5 nitrogen and oxygen atoms in total. The lowest BCUT2D eigenvalue weighted by Crippen LogP contribution is -2.27. The molecule has 0 unspecified atom stereocenters. The van der Waals surface area contributed by atoms with E-state index in [0.29, 0.717) is 24.7 Å². The summed E-state index contributed by atoms with van der Waals surface area (Å²) >= 11 is 5.85. The number of nitrogens with one attached hydrogen (secondary N) is 1. The van der Waals surface area contributed by atoms with Gasteiger partial charge in [-0.3, -0.25) is 4.79 Å². The number of carbonyl (C=O) groups is 1. The van der Waals surface area contributed by atoms with Gasteiger partial charge in [-0.1, -0.05) is 11.6 Å². The zero-order chi connectivity index (χ0) is 12.1. The fourth-order valence-corrected chi connectivity index (χ4v) is 1.35. The molecule has 0 fully saturated rings. The molecule has 0 aromatic carbocycles. The Labute approximate surface area is 100 Å². The summed E-state index contributed by atoms with van der Waals surface area (Å²) in [5.41, 5.74) is 0. The van der Waals surface area contributed by atoms with Gasteiger partial charge in [-0.25, -0.2) is 4.98 Å². The van der Waals surface area contributed by atoms with E-state index in [2.05, 4.69) is 10.3 Å².